The maximum atomic E-state index is 12.4. The molecule has 0 aliphatic carbocycles. The normalized spacial score (nSPS) is 11.1. The molecular formula is C17H19N5O. The summed E-state index contributed by atoms with van der Waals surface area (Å²) in [6.45, 7) is 2.85. The van der Waals surface area contributed by atoms with Gasteiger partial charge in [-0.3, -0.25) is 4.79 Å². The maximum absolute atomic E-state index is 12.4. The second-order valence-electron chi connectivity index (χ2n) is 5.90. The number of rotatable bonds is 4. The highest BCUT2D eigenvalue weighted by Crippen LogP contribution is 2.17. The SMILES string of the molecule is Cc1cc(CN(C)C)cc(NC(=O)c2cnc3nc[nH]c3c2)c1. The van der Waals surface area contributed by atoms with Crippen molar-refractivity contribution < 1.29 is 4.79 Å². The van der Waals surface area contributed by atoms with Gasteiger partial charge in [-0.2, -0.15) is 0 Å². The molecule has 0 spiro atoms. The molecule has 0 atom stereocenters. The summed E-state index contributed by atoms with van der Waals surface area (Å²) in [4.78, 5) is 25.7. The summed E-state index contributed by atoms with van der Waals surface area (Å²) in [5.41, 5.74) is 4.91. The van der Waals surface area contributed by atoms with Gasteiger partial charge in [0.25, 0.3) is 5.91 Å². The van der Waals surface area contributed by atoms with Crippen LogP contribution in [0.3, 0.4) is 0 Å². The van der Waals surface area contributed by atoms with E-state index >= 15 is 0 Å². The summed E-state index contributed by atoms with van der Waals surface area (Å²) in [7, 11) is 4.04. The standard InChI is InChI=1S/C17H19N5O/c1-11-4-12(9-22(2)3)6-14(5-11)21-17(23)13-7-15-16(18-8-13)20-10-19-15/h4-8,10H,9H2,1-3H3,(H,21,23)(H,18,19,20). The van der Waals surface area contributed by atoms with Crippen LogP contribution in [0.2, 0.25) is 0 Å². The first-order valence-corrected chi connectivity index (χ1v) is 7.37. The zero-order valence-electron chi connectivity index (χ0n) is 13.4. The summed E-state index contributed by atoms with van der Waals surface area (Å²) in [6, 6.07) is 7.82. The highest BCUT2D eigenvalue weighted by Gasteiger charge is 2.10. The number of benzene rings is 1. The van der Waals surface area contributed by atoms with E-state index in [1.807, 2.05) is 33.2 Å². The number of aromatic nitrogens is 3. The molecule has 0 unspecified atom stereocenters. The van der Waals surface area contributed by atoms with Crippen molar-refractivity contribution in [3.63, 3.8) is 0 Å². The average Bonchev–Trinajstić information content (AvgIpc) is 2.92. The van der Waals surface area contributed by atoms with Gasteiger partial charge >= 0.3 is 0 Å². The fraction of sp³-hybridized carbons (Fsp3) is 0.235. The number of carbonyl (C=O) groups excluding carboxylic acids is 1. The molecule has 1 amide bonds. The third-order valence-electron chi connectivity index (χ3n) is 3.43. The lowest BCUT2D eigenvalue weighted by Gasteiger charge is -2.13. The van der Waals surface area contributed by atoms with Crippen LogP contribution in [-0.4, -0.2) is 39.9 Å². The molecule has 6 heteroatoms. The van der Waals surface area contributed by atoms with Crippen molar-refractivity contribution in [2.75, 3.05) is 19.4 Å². The molecule has 0 bridgehead atoms. The summed E-state index contributed by atoms with van der Waals surface area (Å²) in [5, 5.41) is 2.94. The van der Waals surface area contributed by atoms with Crippen molar-refractivity contribution in [2.45, 2.75) is 13.5 Å². The molecule has 23 heavy (non-hydrogen) atoms. The predicted molar refractivity (Wildman–Crippen MR) is 90.4 cm³/mol. The highest BCUT2D eigenvalue weighted by molar-refractivity contribution is 6.05. The Morgan fingerprint density at radius 2 is 2.04 bits per heavy atom. The van der Waals surface area contributed by atoms with Gasteiger partial charge in [0.05, 0.1) is 17.4 Å². The minimum atomic E-state index is -0.185. The molecule has 0 radical (unpaired) electrons. The first-order chi connectivity index (χ1) is 11.0. The van der Waals surface area contributed by atoms with E-state index in [2.05, 4.69) is 31.2 Å². The first-order valence-electron chi connectivity index (χ1n) is 7.37. The number of nitrogens with one attached hydrogen (secondary N) is 2. The van der Waals surface area contributed by atoms with Gasteiger partial charge in [-0.15, -0.1) is 0 Å². The van der Waals surface area contributed by atoms with Crippen molar-refractivity contribution in [1.82, 2.24) is 19.9 Å². The van der Waals surface area contributed by atoms with Gasteiger partial charge in [0.1, 0.15) is 0 Å². The number of nitrogens with zero attached hydrogens (tertiary/aromatic N) is 3. The largest absolute Gasteiger partial charge is 0.343 e. The van der Waals surface area contributed by atoms with Crippen LogP contribution in [0, 0.1) is 6.92 Å². The molecule has 0 saturated heterocycles. The Kier molecular flexibility index (Phi) is 4.08. The van der Waals surface area contributed by atoms with Crippen molar-refractivity contribution in [3.05, 3.63) is 53.5 Å². The van der Waals surface area contributed by atoms with Crippen molar-refractivity contribution in [2.24, 2.45) is 0 Å². The van der Waals surface area contributed by atoms with E-state index in [-0.39, 0.29) is 5.91 Å². The molecule has 6 nitrogen and oxygen atoms in total. The van der Waals surface area contributed by atoms with E-state index < -0.39 is 0 Å². The van der Waals surface area contributed by atoms with Crippen LogP contribution < -0.4 is 5.32 Å². The Hall–Kier alpha value is -2.73. The van der Waals surface area contributed by atoms with E-state index in [0.717, 1.165) is 28.9 Å². The summed E-state index contributed by atoms with van der Waals surface area (Å²) in [6.07, 6.45) is 3.10. The number of imidazole rings is 1. The lowest BCUT2D eigenvalue weighted by molar-refractivity contribution is 0.102. The van der Waals surface area contributed by atoms with Crippen LogP contribution in [0.25, 0.3) is 11.2 Å². The van der Waals surface area contributed by atoms with Gasteiger partial charge < -0.3 is 15.2 Å². The molecular weight excluding hydrogens is 290 g/mol. The number of aryl methyl sites for hydroxylation is 1. The van der Waals surface area contributed by atoms with E-state index in [4.69, 9.17) is 0 Å². The van der Waals surface area contributed by atoms with Crippen LogP contribution in [0.1, 0.15) is 21.5 Å². The molecule has 1 aromatic carbocycles. The van der Waals surface area contributed by atoms with Crippen LogP contribution in [0.5, 0.6) is 0 Å². The van der Waals surface area contributed by atoms with Gasteiger partial charge in [-0.05, 0) is 50.3 Å². The molecule has 0 aliphatic heterocycles. The monoisotopic (exact) mass is 309 g/mol. The van der Waals surface area contributed by atoms with Gasteiger partial charge in [0.2, 0.25) is 0 Å². The molecule has 2 aromatic heterocycles. The van der Waals surface area contributed by atoms with Crippen LogP contribution in [0.4, 0.5) is 5.69 Å². The van der Waals surface area contributed by atoms with Gasteiger partial charge in [0, 0.05) is 18.4 Å². The van der Waals surface area contributed by atoms with E-state index in [1.165, 1.54) is 6.20 Å². The second kappa shape index (κ2) is 6.18. The third kappa shape index (κ3) is 3.54. The average molecular weight is 309 g/mol. The Balaban J connectivity index is 1.82. The van der Waals surface area contributed by atoms with Crippen molar-refractivity contribution >= 4 is 22.8 Å². The fourth-order valence-corrected chi connectivity index (χ4v) is 2.55. The molecule has 2 heterocycles. The number of aromatic amines is 1. The molecule has 3 rings (SSSR count). The Bertz CT molecular complexity index is 853. The summed E-state index contributed by atoms with van der Waals surface area (Å²) in [5.74, 6) is -0.185. The number of hydrogen-bond donors (Lipinski definition) is 2. The summed E-state index contributed by atoms with van der Waals surface area (Å²) >= 11 is 0. The van der Waals surface area contributed by atoms with Crippen LogP contribution in [-0.2, 0) is 6.54 Å². The zero-order chi connectivity index (χ0) is 16.4. The van der Waals surface area contributed by atoms with Crippen molar-refractivity contribution in [1.29, 1.82) is 0 Å². The Morgan fingerprint density at radius 3 is 2.83 bits per heavy atom. The number of carbonyl (C=O) groups is 1. The fourth-order valence-electron chi connectivity index (χ4n) is 2.55. The number of H-pyrrole nitrogens is 1. The number of anilines is 1. The number of hydrogen-bond acceptors (Lipinski definition) is 4. The molecule has 0 fully saturated rings. The van der Waals surface area contributed by atoms with Gasteiger partial charge in [-0.1, -0.05) is 6.07 Å². The smallest absolute Gasteiger partial charge is 0.257 e. The van der Waals surface area contributed by atoms with E-state index in [1.54, 1.807) is 12.4 Å². The highest BCUT2D eigenvalue weighted by atomic mass is 16.1. The minimum absolute atomic E-state index is 0.185. The van der Waals surface area contributed by atoms with E-state index in [0.29, 0.717) is 11.2 Å². The molecule has 3 aromatic rings. The molecule has 118 valence electrons. The van der Waals surface area contributed by atoms with Gasteiger partial charge in [-0.25, -0.2) is 9.97 Å². The number of pyridine rings is 1. The predicted octanol–water partition coefficient (Wildman–Crippen LogP) is 2.58. The second-order valence-corrected chi connectivity index (χ2v) is 5.90. The molecule has 0 saturated carbocycles. The summed E-state index contributed by atoms with van der Waals surface area (Å²) < 4.78 is 0. The molecule has 2 N–H and O–H groups in total. The zero-order valence-corrected chi connectivity index (χ0v) is 13.4. The van der Waals surface area contributed by atoms with Crippen LogP contribution in [0.15, 0.2) is 36.8 Å². The Labute approximate surface area is 134 Å². The Morgan fingerprint density at radius 1 is 1.22 bits per heavy atom. The lowest BCUT2D eigenvalue weighted by Crippen LogP contribution is -2.14. The quantitative estimate of drug-likeness (QED) is 0.777. The van der Waals surface area contributed by atoms with Crippen molar-refractivity contribution in [3.8, 4) is 0 Å². The topological polar surface area (TPSA) is 73.9 Å². The number of amides is 1. The minimum Gasteiger partial charge on any atom is -0.343 e. The maximum Gasteiger partial charge on any atom is 0.257 e. The first kappa shape index (κ1) is 15.2. The van der Waals surface area contributed by atoms with Crippen LogP contribution >= 0.6 is 0 Å². The third-order valence-corrected chi connectivity index (χ3v) is 3.43. The van der Waals surface area contributed by atoms with Gasteiger partial charge in [0.15, 0.2) is 5.65 Å². The number of fused-ring (bicyclic) bond motifs is 1. The lowest BCUT2D eigenvalue weighted by atomic mass is 10.1. The van der Waals surface area contributed by atoms with E-state index in [9.17, 15) is 4.79 Å². The molecule has 0 aliphatic rings.